The van der Waals surface area contributed by atoms with E-state index in [0.717, 1.165) is 68.8 Å². The van der Waals surface area contributed by atoms with Crippen LogP contribution in [0, 0.1) is 17.6 Å². The minimum absolute atomic E-state index is 0.107. The standard InChI is InChI=1S/C25H31F2N5O3.C3H8O/c1-3-17-14-28-25(29-15-17)32-8-6-18(7-9-32)5-4-10-34-19-12-20(26)23(21(27)13-19)24-30-22(35-31-24)11-16(2)33;1-3(2)4/h12-16,18,33H,3-11H2,1-2H3;3-4H,1-2H3/t16-;/m0./s1. The van der Waals surface area contributed by atoms with Gasteiger partial charge in [0, 0.05) is 43.7 Å². The zero-order valence-electron chi connectivity index (χ0n) is 23.1. The third kappa shape index (κ3) is 9.50. The summed E-state index contributed by atoms with van der Waals surface area (Å²) < 4.78 is 39.7. The van der Waals surface area contributed by atoms with Gasteiger partial charge in [0.15, 0.2) is 0 Å². The summed E-state index contributed by atoms with van der Waals surface area (Å²) in [6, 6.07) is 2.26. The van der Waals surface area contributed by atoms with Gasteiger partial charge in [0.25, 0.3) is 0 Å². The molecule has 1 aliphatic heterocycles. The highest BCUT2D eigenvalue weighted by molar-refractivity contribution is 5.58. The molecule has 0 aliphatic carbocycles. The van der Waals surface area contributed by atoms with E-state index < -0.39 is 17.7 Å². The lowest BCUT2D eigenvalue weighted by Gasteiger charge is -2.32. The largest absolute Gasteiger partial charge is 0.493 e. The summed E-state index contributed by atoms with van der Waals surface area (Å²) in [5.41, 5.74) is 0.757. The van der Waals surface area contributed by atoms with Crippen molar-refractivity contribution >= 4 is 5.95 Å². The molecule has 3 aromatic rings. The molecule has 39 heavy (non-hydrogen) atoms. The van der Waals surface area contributed by atoms with Gasteiger partial charge in [-0.3, -0.25) is 0 Å². The van der Waals surface area contributed by atoms with Crippen LogP contribution in [0.1, 0.15) is 64.8 Å². The van der Waals surface area contributed by atoms with E-state index in [-0.39, 0.29) is 35.6 Å². The molecule has 1 atom stereocenters. The van der Waals surface area contributed by atoms with Gasteiger partial charge in [-0.05, 0) is 64.4 Å². The second-order valence-corrected chi connectivity index (χ2v) is 10.1. The molecule has 0 radical (unpaired) electrons. The number of aryl methyl sites for hydroxylation is 1. The minimum atomic E-state index is -0.828. The lowest BCUT2D eigenvalue weighted by Crippen LogP contribution is -2.35. The van der Waals surface area contributed by atoms with Crippen molar-refractivity contribution in [2.75, 3.05) is 24.6 Å². The van der Waals surface area contributed by atoms with E-state index >= 15 is 0 Å². The SMILES string of the molecule is CC(C)O.CCc1cnc(N2CCC(CCCOc3cc(F)c(-c4noc(C[C@H](C)O)n4)c(F)c3)CC2)nc1. The van der Waals surface area contributed by atoms with Crippen molar-refractivity contribution in [3.05, 3.63) is 47.6 Å². The van der Waals surface area contributed by atoms with Crippen molar-refractivity contribution in [1.82, 2.24) is 20.1 Å². The Balaban J connectivity index is 0.000000983. The van der Waals surface area contributed by atoms with E-state index in [1.807, 2.05) is 12.4 Å². The Labute approximate surface area is 228 Å². The number of piperidine rings is 1. The number of rotatable bonds is 10. The fraction of sp³-hybridized carbons (Fsp3) is 0.571. The molecule has 1 aliphatic rings. The van der Waals surface area contributed by atoms with Gasteiger partial charge in [-0.15, -0.1) is 0 Å². The van der Waals surface area contributed by atoms with E-state index in [1.54, 1.807) is 20.8 Å². The second-order valence-electron chi connectivity index (χ2n) is 10.1. The number of hydrogen-bond donors (Lipinski definition) is 2. The predicted molar refractivity (Wildman–Crippen MR) is 143 cm³/mol. The van der Waals surface area contributed by atoms with Crippen LogP contribution in [0.3, 0.4) is 0 Å². The highest BCUT2D eigenvalue weighted by Crippen LogP contribution is 2.29. The van der Waals surface area contributed by atoms with Gasteiger partial charge in [-0.25, -0.2) is 18.7 Å². The summed E-state index contributed by atoms with van der Waals surface area (Å²) in [4.78, 5) is 15.1. The quantitative estimate of drug-likeness (QED) is 0.347. The molecular formula is C28H39F2N5O4. The molecular weight excluding hydrogens is 508 g/mol. The average Bonchev–Trinajstić information content (AvgIpc) is 3.33. The van der Waals surface area contributed by atoms with Gasteiger partial charge in [0.2, 0.25) is 17.7 Å². The Kier molecular flexibility index (Phi) is 11.5. The van der Waals surface area contributed by atoms with E-state index in [4.69, 9.17) is 14.4 Å². The van der Waals surface area contributed by atoms with Crippen LogP contribution in [0.4, 0.5) is 14.7 Å². The molecule has 0 bridgehead atoms. The van der Waals surface area contributed by atoms with Crippen molar-refractivity contribution < 1.29 is 28.3 Å². The van der Waals surface area contributed by atoms with Crippen molar-refractivity contribution in [2.45, 2.75) is 78.4 Å². The molecule has 214 valence electrons. The van der Waals surface area contributed by atoms with Crippen molar-refractivity contribution in [3.8, 4) is 17.1 Å². The maximum Gasteiger partial charge on any atom is 0.229 e. The van der Waals surface area contributed by atoms with Gasteiger partial charge in [0.05, 0.1) is 24.7 Å². The van der Waals surface area contributed by atoms with Gasteiger partial charge in [0.1, 0.15) is 17.4 Å². The summed E-state index contributed by atoms with van der Waals surface area (Å²) in [6.45, 7) is 9.30. The molecule has 9 nitrogen and oxygen atoms in total. The maximum absolute atomic E-state index is 14.6. The minimum Gasteiger partial charge on any atom is -0.493 e. The number of anilines is 1. The fourth-order valence-electron chi connectivity index (χ4n) is 4.22. The molecule has 1 saturated heterocycles. The van der Waals surface area contributed by atoms with Crippen molar-refractivity contribution in [3.63, 3.8) is 0 Å². The lowest BCUT2D eigenvalue weighted by atomic mass is 9.92. The first-order valence-electron chi connectivity index (χ1n) is 13.5. The summed E-state index contributed by atoms with van der Waals surface area (Å²) >= 11 is 0. The van der Waals surface area contributed by atoms with Crippen LogP contribution < -0.4 is 9.64 Å². The first-order chi connectivity index (χ1) is 18.7. The molecule has 4 rings (SSSR count). The summed E-state index contributed by atoms with van der Waals surface area (Å²) in [7, 11) is 0. The van der Waals surface area contributed by atoms with Gasteiger partial charge >= 0.3 is 0 Å². The number of halogens is 2. The first-order valence-corrected chi connectivity index (χ1v) is 13.5. The average molecular weight is 548 g/mol. The fourth-order valence-corrected chi connectivity index (χ4v) is 4.22. The smallest absolute Gasteiger partial charge is 0.229 e. The number of aliphatic hydroxyl groups is 2. The van der Waals surface area contributed by atoms with Crippen molar-refractivity contribution in [2.24, 2.45) is 5.92 Å². The van der Waals surface area contributed by atoms with Crippen molar-refractivity contribution in [1.29, 1.82) is 0 Å². The third-order valence-corrected chi connectivity index (χ3v) is 6.20. The highest BCUT2D eigenvalue weighted by Gasteiger charge is 2.22. The van der Waals surface area contributed by atoms with E-state index in [1.165, 1.54) is 0 Å². The number of ether oxygens (including phenoxy) is 1. The van der Waals surface area contributed by atoms with Crippen LogP contribution in [0.15, 0.2) is 29.0 Å². The molecule has 0 unspecified atom stereocenters. The Hall–Kier alpha value is -3.18. The number of aromatic nitrogens is 4. The summed E-state index contributed by atoms with van der Waals surface area (Å²) in [6.07, 6.45) is 7.84. The summed E-state index contributed by atoms with van der Waals surface area (Å²) in [5, 5.41) is 21.1. The van der Waals surface area contributed by atoms with E-state index in [9.17, 15) is 13.9 Å². The highest BCUT2D eigenvalue weighted by atomic mass is 19.1. The van der Waals surface area contributed by atoms with Crippen LogP contribution >= 0.6 is 0 Å². The molecule has 0 spiro atoms. The Bertz CT molecular complexity index is 1120. The molecule has 1 aromatic carbocycles. The van der Waals surface area contributed by atoms with Gasteiger partial charge in [-0.1, -0.05) is 12.1 Å². The van der Waals surface area contributed by atoms with Crippen LogP contribution in [0.5, 0.6) is 5.75 Å². The summed E-state index contributed by atoms with van der Waals surface area (Å²) in [5.74, 6) is -0.246. The number of hydrogen-bond acceptors (Lipinski definition) is 9. The molecule has 3 heterocycles. The van der Waals surface area contributed by atoms with E-state index in [2.05, 4.69) is 31.9 Å². The number of benzene rings is 1. The van der Waals surface area contributed by atoms with Gasteiger partial charge in [-0.2, -0.15) is 4.98 Å². The molecule has 1 fully saturated rings. The maximum atomic E-state index is 14.6. The molecule has 2 aromatic heterocycles. The normalized spacial score (nSPS) is 14.7. The Morgan fingerprint density at radius 1 is 1.08 bits per heavy atom. The molecule has 2 N–H and O–H groups in total. The monoisotopic (exact) mass is 547 g/mol. The molecule has 0 amide bonds. The second kappa shape index (κ2) is 14.8. The first kappa shape index (κ1) is 30.4. The van der Waals surface area contributed by atoms with E-state index in [0.29, 0.717) is 12.5 Å². The van der Waals surface area contributed by atoms with Crippen LogP contribution in [0.25, 0.3) is 11.4 Å². The Morgan fingerprint density at radius 2 is 1.69 bits per heavy atom. The van der Waals surface area contributed by atoms with Gasteiger partial charge < -0.3 is 24.4 Å². The van der Waals surface area contributed by atoms with Crippen LogP contribution in [-0.4, -0.2) is 62.2 Å². The van der Waals surface area contributed by atoms with Crippen LogP contribution in [-0.2, 0) is 12.8 Å². The molecule has 0 saturated carbocycles. The predicted octanol–water partition coefficient (Wildman–Crippen LogP) is 4.75. The zero-order chi connectivity index (χ0) is 28.4. The molecule has 11 heteroatoms. The zero-order valence-corrected chi connectivity index (χ0v) is 23.1. The van der Waals surface area contributed by atoms with Crippen LogP contribution in [0.2, 0.25) is 0 Å². The number of aliphatic hydroxyl groups excluding tert-OH is 2. The topological polar surface area (TPSA) is 118 Å². The third-order valence-electron chi connectivity index (χ3n) is 6.20. The number of nitrogens with zero attached hydrogens (tertiary/aromatic N) is 5. The lowest BCUT2D eigenvalue weighted by molar-refractivity contribution is 0.181. The Morgan fingerprint density at radius 3 is 2.26 bits per heavy atom.